The van der Waals surface area contributed by atoms with E-state index >= 15 is 0 Å². The SMILES string of the molecule is C[C@@H]1CC[C@@H](c2ccoc2)N2C[C@@]3(CC[C@@H]12)CS[C@@]1(CC[C@H]2[C@H](C)CC[C@@H](c4ccoc4)N2[C@@H]1O)C3. The fraction of sp³-hybridized carbons (Fsp3) is 0.733. The Morgan fingerprint density at radius 1 is 0.861 bits per heavy atom. The average Bonchev–Trinajstić information content (AvgIpc) is 3.65. The van der Waals surface area contributed by atoms with E-state index < -0.39 is 0 Å². The fourth-order valence-electron chi connectivity index (χ4n) is 9.05. The van der Waals surface area contributed by atoms with Crippen LogP contribution < -0.4 is 0 Å². The molecule has 7 heterocycles. The zero-order valence-corrected chi connectivity index (χ0v) is 22.7. The van der Waals surface area contributed by atoms with Crippen LogP contribution >= 0.6 is 11.8 Å². The standard InChI is InChI=1S/C30H42N2O3S/c1-20-3-5-26(22-9-13-34-15-22)31-18-29(11-7-24(20)31)17-30(36-19-29)12-8-25-21(2)4-6-27(32(25)28(30)33)23-10-14-35-16-23/h9-10,13-16,20-21,24-28,33H,3-8,11-12,17-19H2,1-2H3/t20-,21-,24+,25+,26+,27+,28-,29+,30+/m1/s1. The molecule has 0 bridgehead atoms. The van der Waals surface area contributed by atoms with Crippen molar-refractivity contribution in [2.24, 2.45) is 17.3 Å². The monoisotopic (exact) mass is 510 g/mol. The van der Waals surface area contributed by atoms with Crippen molar-refractivity contribution in [3.63, 3.8) is 0 Å². The van der Waals surface area contributed by atoms with E-state index in [0.717, 1.165) is 25.2 Å². The van der Waals surface area contributed by atoms with Crippen LogP contribution in [-0.2, 0) is 0 Å². The summed E-state index contributed by atoms with van der Waals surface area (Å²) in [7, 11) is 0. The van der Waals surface area contributed by atoms with Gasteiger partial charge in [0.1, 0.15) is 6.23 Å². The Morgan fingerprint density at radius 3 is 2.25 bits per heavy atom. The molecule has 5 fully saturated rings. The lowest BCUT2D eigenvalue weighted by Crippen LogP contribution is -2.63. The topological polar surface area (TPSA) is 53.0 Å². The van der Waals surface area contributed by atoms with Gasteiger partial charge in [-0.3, -0.25) is 9.80 Å². The van der Waals surface area contributed by atoms with Crippen LogP contribution in [-0.4, -0.2) is 50.3 Å². The molecule has 9 atom stereocenters. The first-order chi connectivity index (χ1) is 17.5. The molecular weight excluding hydrogens is 468 g/mol. The second-order valence-corrected chi connectivity index (χ2v) is 14.4. The second-order valence-electron chi connectivity index (χ2n) is 13.0. The third-order valence-electron chi connectivity index (χ3n) is 11.0. The Hall–Kier alpha value is -1.21. The number of hydrogen-bond donors (Lipinski definition) is 1. The van der Waals surface area contributed by atoms with Crippen LogP contribution in [0.25, 0.3) is 0 Å². The molecule has 1 N–H and O–H groups in total. The lowest BCUT2D eigenvalue weighted by atomic mass is 9.67. The highest BCUT2D eigenvalue weighted by atomic mass is 32.2. The summed E-state index contributed by atoms with van der Waals surface area (Å²) in [4.78, 5) is 5.38. The predicted molar refractivity (Wildman–Crippen MR) is 143 cm³/mol. The molecule has 0 aliphatic carbocycles. The Kier molecular flexibility index (Phi) is 5.92. The number of fused-ring (bicyclic) bond motifs is 2. The number of rotatable bonds is 2. The Bertz CT molecular complexity index is 1040. The number of aliphatic hydroxyl groups excluding tert-OH is 1. The van der Waals surface area contributed by atoms with Crippen molar-refractivity contribution in [1.82, 2.24) is 9.80 Å². The number of hydrogen-bond acceptors (Lipinski definition) is 6. The summed E-state index contributed by atoms with van der Waals surface area (Å²) in [6.45, 7) is 6.03. The van der Waals surface area contributed by atoms with Gasteiger partial charge in [-0.2, -0.15) is 11.8 Å². The van der Waals surface area contributed by atoms with Crippen LogP contribution in [0.4, 0.5) is 0 Å². The summed E-state index contributed by atoms with van der Waals surface area (Å²) < 4.78 is 11.0. The molecule has 5 saturated heterocycles. The maximum atomic E-state index is 12.2. The Balaban J connectivity index is 1.16. The molecule has 196 valence electrons. The van der Waals surface area contributed by atoms with Crippen LogP contribution in [0.3, 0.4) is 0 Å². The van der Waals surface area contributed by atoms with Crippen molar-refractivity contribution in [2.45, 2.75) is 107 Å². The quantitative estimate of drug-likeness (QED) is 0.490. The molecule has 5 aliphatic heterocycles. The van der Waals surface area contributed by atoms with Gasteiger partial charge in [-0.1, -0.05) is 13.8 Å². The van der Waals surface area contributed by atoms with E-state index in [-0.39, 0.29) is 17.0 Å². The molecule has 0 unspecified atom stereocenters. The smallest absolute Gasteiger partial charge is 0.122 e. The largest absolute Gasteiger partial charge is 0.472 e. The molecule has 2 spiro atoms. The summed E-state index contributed by atoms with van der Waals surface area (Å²) in [5.74, 6) is 2.59. The molecule has 0 aromatic carbocycles. The molecule has 5 nitrogen and oxygen atoms in total. The number of piperidine rings is 4. The van der Waals surface area contributed by atoms with Gasteiger partial charge in [-0.25, -0.2) is 0 Å². The van der Waals surface area contributed by atoms with Crippen LogP contribution in [0.2, 0.25) is 0 Å². The first kappa shape index (κ1) is 23.9. The second kappa shape index (κ2) is 8.93. The molecule has 5 aliphatic rings. The van der Waals surface area contributed by atoms with E-state index in [0.29, 0.717) is 29.5 Å². The van der Waals surface area contributed by atoms with Gasteiger partial charge in [0.2, 0.25) is 0 Å². The van der Waals surface area contributed by atoms with E-state index in [9.17, 15) is 5.11 Å². The van der Waals surface area contributed by atoms with Crippen molar-refractivity contribution in [3.8, 4) is 0 Å². The highest BCUT2D eigenvalue weighted by Gasteiger charge is 2.60. The summed E-state index contributed by atoms with van der Waals surface area (Å²) in [5, 5.41) is 12.2. The van der Waals surface area contributed by atoms with Crippen molar-refractivity contribution in [3.05, 3.63) is 48.3 Å². The average molecular weight is 511 g/mol. The van der Waals surface area contributed by atoms with Gasteiger partial charge in [0.05, 0.1) is 29.8 Å². The first-order valence-corrected chi connectivity index (χ1v) is 15.4. The number of nitrogens with zero attached hydrogens (tertiary/aromatic N) is 2. The van der Waals surface area contributed by atoms with Gasteiger partial charge in [-0.05, 0) is 87.2 Å². The lowest BCUT2D eigenvalue weighted by molar-refractivity contribution is -0.142. The molecule has 2 aromatic rings. The highest BCUT2D eigenvalue weighted by molar-refractivity contribution is 8.01. The lowest BCUT2D eigenvalue weighted by Gasteiger charge is -2.57. The molecule has 7 rings (SSSR count). The molecule has 36 heavy (non-hydrogen) atoms. The molecule has 6 heteroatoms. The van der Waals surface area contributed by atoms with Crippen molar-refractivity contribution >= 4 is 11.8 Å². The van der Waals surface area contributed by atoms with Crippen molar-refractivity contribution < 1.29 is 13.9 Å². The summed E-state index contributed by atoms with van der Waals surface area (Å²) in [6.07, 6.45) is 18.1. The minimum Gasteiger partial charge on any atom is -0.472 e. The van der Waals surface area contributed by atoms with Gasteiger partial charge >= 0.3 is 0 Å². The van der Waals surface area contributed by atoms with Crippen LogP contribution in [0.15, 0.2) is 46.0 Å². The van der Waals surface area contributed by atoms with Gasteiger partial charge in [0, 0.05) is 47.6 Å². The number of thioether (sulfide) groups is 1. The summed E-state index contributed by atoms with van der Waals surface area (Å²) in [6, 6.07) is 6.21. The third kappa shape index (κ3) is 3.69. The minimum absolute atomic E-state index is 0.0467. The van der Waals surface area contributed by atoms with Crippen LogP contribution in [0.5, 0.6) is 0 Å². The van der Waals surface area contributed by atoms with Crippen LogP contribution in [0.1, 0.15) is 94.8 Å². The van der Waals surface area contributed by atoms with Gasteiger partial charge in [-0.15, -0.1) is 0 Å². The molecule has 0 radical (unpaired) electrons. The minimum atomic E-state index is -0.383. The van der Waals surface area contributed by atoms with E-state index in [1.54, 1.807) is 6.26 Å². The van der Waals surface area contributed by atoms with Crippen molar-refractivity contribution in [2.75, 3.05) is 12.3 Å². The summed E-state index contributed by atoms with van der Waals surface area (Å²) >= 11 is 2.11. The predicted octanol–water partition coefficient (Wildman–Crippen LogP) is 6.62. The molecule has 2 aromatic heterocycles. The fourth-order valence-corrected chi connectivity index (χ4v) is 10.9. The maximum absolute atomic E-state index is 12.2. The number of furan rings is 2. The number of aliphatic hydroxyl groups is 1. The molecular formula is C30H42N2O3S. The van der Waals surface area contributed by atoms with Gasteiger partial charge < -0.3 is 13.9 Å². The highest BCUT2D eigenvalue weighted by Crippen LogP contribution is 2.62. The first-order valence-electron chi connectivity index (χ1n) is 14.4. The zero-order chi connectivity index (χ0) is 24.5. The van der Waals surface area contributed by atoms with Gasteiger partial charge in [0.25, 0.3) is 0 Å². The van der Waals surface area contributed by atoms with E-state index in [4.69, 9.17) is 8.83 Å². The Labute approximate surface area is 220 Å². The Morgan fingerprint density at radius 2 is 1.53 bits per heavy atom. The third-order valence-corrected chi connectivity index (χ3v) is 12.9. The molecule has 0 amide bonds. The maximum Gasteiger partial charge on any atom is 0.122 e. The van der Waals surface area contributed by atoms with E-state index in [1.807, 2.05) is 18.8 Å². The van der Waals surface area contributed by atoms with Crippen LogP contribution in [0, 0.1) is 17.3 Å². The van der Waals surface area contributed by atoms with E-state index in [1.165, 1.54) is 61.9 Å². The zero-order valence-electron chi connectivity index (χ0n) is 21.9. The normalized spacial score (nSPS) is 45.7. The van der Waals surface area contributed by atoms with Gasteiger partial charge in [0.15, 0.2) is 0 Å². The van der Waals surface area contributed by atoms with E-state index in [2.05, 4.69) is 47.5 Å². The summed E-state index contributed by atoms with van der Waals surface area (Å²) in [5.41, 5.74) is 2.90. The molecule has 0 saturated carbocycles. The van der Waals surface area contributed by atoms with Crippen molar-refractivity contribution in [1.29, 1.82) is 0 Å².